The number of likely N-dealkylation sites (tertiary alicyclic amines) is 1. The van der Waals surface area contributed by atoms with Gasteiger partial charge in [0.25, 0.3) is 0 Å². The third kappa shape index (κ3) is 3.59. The van der Waals surface area contributed by atoms with Crippen LogP contribution in [-0.2, 0) is 4.79 Å². The average Bonchev–Trinajstić information content (AvgIpc) is 2.48. The molecular weight excluding hydrogens is 164 g/mol. The van der Waals surface area contributed by atoms with Crippen LogP contribution >= 0.6 is 0 Å². The molecule has 13 heavy (non-hydrogen) atoms. The lowest BCUT2D eigenvalue weighted by Crippen LogP contribution is -2.26. The first kappa shape index (κ1) is 10.3. The Labute approximate surface area is 79.8 Å². The molecule has 3 heteroatoms. The highest BCUT2D eigenvalue weighted by Crippen LogP contribution is 2.17. The second-order valence-corrected chi connectivity index (χ2v) is 3.71. The Morgan fingerprint density at radius 3 is 3.08 bits per heavy atom. The topological polar surface area (TPSA) is 32.3 Å². The molecule has 0 spiro atoms. The van der Waals surface area contributed by atoms with Crippen molar-refractivity contribution in [1.82, 2.24) is 10.2 Å². The molecule has 1 saturated heterocycles. The normalized spacial score (nSPS) is 23.0. The molecule has 1 unspecified atom stereocenters. The predicted molar refractivity (Wildman–Crippen MR) is 53.4 cm³/mol. The summed E-state index contributed by atoms with van der Waals surface area (Å²) in [5.74, 6) is 0.704. The molecule has 0 aliphatic carbocycles. The summed E-state index contributed by atoms with van der Waals surface area (Å²) in [6.07, 6.45) is 3.52. The highest BCUT2D eigenvalue weighted by molar-refractivity contribution is 5.76. The zero-order chi connectivity index (χ0) is 9.68. The van der Waals surface area contributed by atoms with Gasteiger partial charge in [0.1, 0.15) is 0 Å². The second-order valence-electron chi connectivity index (χ2n) is 3.71. The standard InChI is InChI=1S/C10H18N2O/c1-3-5-11-10(13)7-9-4-6-12(2)8-9/h3,9H,1,4-8H2,2H3,(H,11,13). The van der Waals surface area contributed by atoms with Crippen LogP contribution in [-0.4, -0.2) is 37.5 Å². The SMILES string of the molecule is C=CCNC(=O)CC1CCN(C)C1. The van der Waals surface area contributed by atoms with E-state index in [9.17, 15) is 4.79 Å². The van der Waals surface area contributed by atoms with Crippen LogP contribution in [0.4, 0.5) is 0 Å². The van der Waals surface area contributed by atoms with Crippen molar-refractivity contribution in [2.45, 2.75) is 12.8 Å². The minimum atomic E-state index is 0.153. The molecule has 0 bridgehead atoms. The summed E-state index contributed by atoms with van der Waals surface area (Å²) >= 11 is 0. The predicted octanol–water partition coefficient (Wildman–Crippen LogP) is 0.630. The van der Waals surface area contributed by atoms with Gasteiger partial charge in [-0.25, -0.2) is 0 Å². The molecule has 0 aromatic rings. The van der Waals surface area contributed by atoms with Crippen LogP contribution in [0.3, 0.4) is 0 Å². The molecule has 3 nitrogen and oxygen atoms in total. The van der Waals surface area contributed by atoms with Gasteiger partial charge in [-0.3, -0.25) is 4.79 Å². The van der Waals surface area contributed by atoms with E-state index in [1.54, 1.807) is 6.08 Å². The number of nitrogens with zero attached hydrogens (tertiary/aromatic N) is 1. The van der Waals surface area contributed by atoms with E-state index >= 15 is 0 Å². The summed E-state index contributed by atoms with van der Waals surface area (Å²) in [4.78, 5) is 13.6. The van der Waals surface area contributed by atoms with Crippen molar-refractivity contribution < 1.29 is 4.79 Å². The molecule has 1 heterocycles. The molecule has 0 aromatic carbocycles. The van der Waals surface area contributed by atoms with Gasteiger partial charge in [-0.2, -0.15) is 0 Å². The minimum absolute atomic E-state index is 0.153. The lowest BCUT2D eigenvalue weighted by Gasteiger charge is -2.09. The lowest BCUT2D eigenvalue weighted by atomic mass is 10.0. The molecule has 1 fully saturated rings. The van der Waals surface area contributed by atoms with Gasteiger partial charge in [0, 0.05) is 19.5 Å². The number of carbonyl (C=O) groups is 1. The summed E-state index contributed by atoms with van der Waals surface area (Å²) in [6, 6.07) is 0. The first-order valence-electron chi connectivity index (χ1n) is 4.78. The fourth-order valence-corrected chi connectivity index (χ4v) is 1.71. The number of nitrogens with one attached hydrogen (secondary N) is 1. The molecule has 1 rings (SSSR count). The highest BCUT2D eigenvalue weighted by Gasteiger charge is 2.21. The maximum atomic E-state index is 11.3. The molecule has 1 N–H and O–H groups in total. The fraction of sp³-hybridized carbons (Fsp3) is 0.700. The Balaban J connectivity index is 2.16. The van der Waals surface area contributed by atoms with Gasteiger partial charge in [-0.15, -0.1) is 6.58 Å². The smallest absolute Gasteiger partial charge is 0.220 e. The zero-order valence-electron chi connectivity index (χ0n) is 8.25. The molecule has 1 aliphatic rings. The number of carbonyl (C=O) groups excluding carboxylic acids is 1. The Morgan fingerprint density at radius 2 is 2.54 bits per heavy atom. The zero-order valence-corrected chi connectivity index (χ0v) is 8.25. The Bertz CT molecular complexity index is 191. The minimum Gasteiger partial charge on any atom is -0.353 e. The van der Waals surface area contributed by atoms with Crippen LogP contribution in [0.25, 0.3) is 0 Å². The van der Waals surface area contributed by atoms with Crippen molar-refractivity contribution >= 4 is 5.91 Å². The van der Waals surface area contributed by atoms with Crippen molar-refractivity contribution in [3.63, 3.8) is 0 Å². The average molecular weight is 182 g/mol. The third-order valence-corrected chi connectivity index (χ3v) is 2.41. The second kappa shape index (κ2) is 5.02. The number of hydrogen-bond donors (Lipinski definition) is 1. The molecule has 0 aromatic heterocycles. The molecule has 1 amide bonds. The van der Waals surface area contributed by atoms with Gasteiger partial charge < -0.3 is 10.2 Å². The largest absolute Gasteiger partial charge is 0.353 e. The van der Waals surface area contributed by atoms with Crippen molar-refractivity contribution in [2.24, 2.45) is 5.92 Å². The number of hydrogen-bond acceptors (Lipinski definition) is 2. The Hall–Kier alpha value is -0.830. The summed E-state index contributed by atoms with van der Waals surface area (Å²) in [7, 11) is 2.10. The number of rotatable bonds is 4. The van der Waals surface area contributed by atoms with Crippen LogP contribution < -0.4 is 5.32 Å². The molecule has 1 aliphatic heterocycles. The van der Waals surface area contributed by atoms with Gasteiger partial charge >= 0.3 is 0 Å². The van der Waals surface area contributed by atoms with Gasteiger partial charge in [0.2, 0.25) is 5.91 Å². The van der Waals surface area contributed by atoms with Crippen molar-refractivity contribution in [1.29, 1.82) is 0 Å². The Kier molecular flexibility index (Phi) is 3.96. The molecule has 0 radical (unpaired) electrons. The van der Waals surface area contributed by atoms with E-state index in [0.717, 1.165) is 19.5 Å². The van der Waals surface area contributed by atoms with E-state index in [2.05, 4.69) is 23.8 Å². The quantitative estimate of drug-likeness (QED) is 0.647. The first-order valence-corrected chi connectivity index (χ1v) is 4.78. The van der Waals surface area contributed by atoms with Gasteiger partial charge in [0.15, 0.2) is 0 Å². The summed E-state index contributed by atoms with van der Waals surface area (Å²) in [5.41, 5.74) is 0. The maximum Gasteiger partial charge on any atom is 0.220 e. The third-order valence-electron chi connectivity index (χ3n) is 2.41. The van der Waals surface area contributed by atoms with Gasteiger partial charge in [-0.05, 0) is 25.9 Å². The van der Waals surface area contributed by atoms with E-state index in [-0.39, 0.29) is 5.91 Å². The summed E-state index contributed by atoms with van der Waals surface area (Å²) in [6.45, 7) is 6.32. The van der Waals surface area contributed by atoms with Gasteiger partial charge in [0.05, 0.1) is 0 Å². The molecule has 74 valence electrons. The van der Waals surface area contributed by atoms with Crippen LogP contribution in [0.2, 0.25) is 0 Å². The molecule has 0 saturated carbocycles. The van der Waals surface area contributed by atoms with Crippen molar-refractivity contribution in [3.05, 3.63) is 12.7 Å². The maximum absolute atomic E-state index is 11.3. The lowest BCUT2D eigenvalue weighted by molar-refractivity contribution is -0.121. The summed E-state index contributed by atoms with van der Waals surface area (Å²) < 4.78 is 0. The van der Waals surface area contributed by atoms with Gasteiger partial charge in [-0.1, -0.05) is 6.08 Å². The van der Waals surface area contributed by atoms with E-state index in [0.29, 0.717) is 18.9 Å². The van der Waals surface area contributed by atoms with Crippen LogP contribution in [0, 0.1) is 5.92 Å². The van der Waals surface area contributed by atoms with Crippen LogP contribution in [0.15, 0.2) is 12.7 Å². The summed E-state index contributed by atoms with van der Waals surface area (Å²) in [5, 5.41) is 2.80. The fourth-order valence-electron chi connectivity index (χ4n) is 1.71. The number of amides is 1. The molecule has 1 atom stereocenters. The monoisotopic (exact) mass is 182 g/mol. The van der Waals surface area contributed by atoms with E-state index in [1.807, 2.05) is 0 Å². The van der Waals surface area contributed by atoms with Crippen molar-refractivity contribution in [2.75, 3.05) is 26.7 Å². The highest BCUT2D eigenvalue weighted by atomic mass is 16.1. The Morgan fingerprint density at radius 1 is 1.77 bits per heavy atom. The first-order chi connectivity index (χ1) is 6.22. The molecular formula is C10H18N2O. The van der Waals surface area contributed by atoms with Crippen molar-refractivity contribution in [3.8, 4) is 0 Å². The van der Waals surface area contributed by atoms with E-state index < -0.39 is 0 Å². The van der Waals surface area contributed by atoms with E-state index in [1.165, 1.54) is 0 Å². The van der Waals surface area contributed by atoms with Crippen LogP contribution in [0.1, 0.15) is 12.8 Å². The van der Waals surface area contributed by atoms with Crippen LogP contribution in [0.5, 0.6) is 0 Å². The van der Waals surface area contributed by atoms with E-state index in [4.69, 9.17) is 0 Å².